The lowest BCUT2D eigenvalue weighted by Gasteiger charge is -2.20. The normalized spacial score (nSPS) is 15.3. The lowest BCUT2D eigenvalue weighted by molar-refractivity contribution is -0.132. The average molecular weight is 383 g/mol. The van der Waals surface area contributed by atoms with Crippen molar-refractivity contribution in [3.8, 4) is 0 Å². The number of carbonyl (C=O) groups is 1. The van der Waals surface area contributed by atoms with Gasteiger partial charge in [-0.2, -0.15) is 0 Å². The number of carboxylic acid groups (broad SMARTS) is 1. The number of nitrogens with zero attached hydrogens (tertiary/aromatic N) is 1. The van der Waals surface area contributed by atoms with E-state index in [0.29, 0.717) is 19.3 Å². The Morgan fingerprint density at radius 1 is 1.15 bits per heavy atom. The number of sulfonamides is 1. The third kappa shape index (κ3) is 5.62. The zero-order chi connectivity index (χ0) is 19.0. The minimum absolute atomic E-state index is 0.0216. The van der Waals surface area contributed by atoms with Gasteiger partial charge in [0.15, 0.2) is 0 Å². The number of nitrogens with one attached hydrogen (secondary N) is 1. The molecule has 2 rings (SSSR count). The van der Waals surface area contributed by atoms with Crippen LogP contribution in [0, 0.1) is 0 Å². The highest BCUT2D eigenvalue weighted by Crippen LogP contribution is 2.29. The fraction of sp³-hybridized carbons (Fsp3) is 0.632. The molecule has 1 aliphatic rings. The van der Waals surface area contributed by atoms with Crippen molar-refractivity contribution < 1.29 is 18.3 Å². The molecule has 0 unspecified atom stereocenters. The van der Waals surface area contributed by atoms with Crippen molar-refractivity contribution in [1.29, 1.82) is 0 Å². The minimum atomic E-state index is -3.85. The van der Waals surface area contributed by atoms with E-state index < -0.39 is 16.0 Å². The van der Waals surface area contributed by atoms with E-state index in [4.69, 9.17) is 0 Å². The second kappa shape index (κ2) is 9.80. The molecule has 0 fully saturated rings. The molecule has 26 heavy (non-hydrogen) atoms. The maximum atomic E-state index is 12.7. The van der Waals surface area contributed by atoms with Crippen molar-refractivity contribution >= 4 is 16.0 Å². The van der Waals surface area contributed by atoms with E-state index >= 15 is 0 Å². The van der Waals surface area contributed by atoms with E-state index in [9.17, 15) is 18.3 Å². The number of aromatic nitrogens is 1. The van der Waals surface area contributed by atoms with E-state index in [0.717, 1.165) is 25.0 Å². The van der Waals surface area contributed by atoms with Crippen molar-refractivity contribution in [1.82, 2.24) is 4.68 Å². The van der Waals surface area contributed by atoms with Gasteiger partial charge in [0.1, 0.15) is 0 Å². The van der Waals surface area contributed by atoms with Gasteiger partial charge in [0.25, 0.3) is 10.0 Å². The van der Waals surface area contributed by atoms with Crippen LogP contribution in [0.1, 0.15) is 76.8 Å². The van der Waals surface area contributed by atoms with Crippen LogP contribution in [0.4, 0.5) is 0 Å². The molecule has 1 aromatic heterocycles. The molecule has 0 saturated carbocycles. The molecule has 0 saturated heterocycles. The first-order valence-corrected chi connectivity index (χ1v) is 11.1. The monoisotopic (exact) mass is 382 g/mol. The number of hydrogen-bond donors (Lipinski definition) is 2. The summed E-state index contributed by atoms with van der Waals surface area (Å²) in [7, 11) is -3.85. The summed E-state index contributed by atoms with van der Waals surface area (Å²) in [5, 5.41) is 9.30. The largest absolute Gasteiger partial charge is 0.478 e. The highest BCUT2D eigenvalue weighted by Gasteiger charge is 2.28. The molecule has 146 valence electrons. The zero-order valence-corrected chi connectivity index (χ0v) is 16.4. The third-order valence-electron chi connectivity index (χ3n) is 4.84. The van der Waals surface area contributed by atoms with Crippen LogP contribution in [0.15, 0.2) is 28.8 Å². The Bertz CT molecular complexity index is 734. The molecule has 1 aliphatic carbocycles. The van der Waals surface area contributed by atoms with Crippen LogP contribution >= 0.6 is 0 Å². The number of aryl methyl sites for hydroxylation is 1. The number of aliphatic carboxylic acids is 1. The molecule has 0 bridgehead atoms. The van der Waals surface area contributed by atoms with Gasteiger partial charge in [-0.05, 0) is 50.7 Å². The van der Waals surface area contributed by atoms with Gasteiger partial charge in [0.2, 0.25) is 0 Å². The molecular formula is C19H30N2O4S. The fourth-order valence-corrected chi connectivity index (χ4v) is 4.85. The molecule has 0 radical (unpaired) electrons. The summed E-state index contributed by atoms with van der Waals surface area (Å²) in [5.41, 5.74) is 0.922. The molecule has 0 amide bonds. The molecule has 0 spiro atoms. The van der Waals surface area contributed by atoms with Crippen LogP contribution in [0.3, 0.4) is 0 Å². The molecular weight excluding hydrogens is 352 g/mol. The van der Waals surface area contributed by atoms with Gasteiger partial charge < -0.3 is 5.11 Å². The Hall–Kier alpha value is -1.76. The maximum absolute atomic E-state index is 12.7. The van der Waals surface area contributed by atoms with Crippen molar-refractivity contribution in [3.63, 3.8) is 0 Å². The first kappa shape index (κ1) is 20.6. The molecule has 1 heterocycles. The Morgan fingerprint density at radius 2 is 1.85 bits per heavy atom. The summed E-state index contributed by atoms with van der Waals surface area (Å²) in [5.74, 6) is -1.13. The number of allylic oxidation sites excluding steroid dienone is 1. The molecule has 7 heteroatoms. The van der Waals surface area contributed by atoms with Crippen LogP contribution in [0.25, 0.3) is 0 Å². The molecule has 0 aliphatic heterocycles. The molecule has 1 aromatic rings. The number of unbranched alkanes of at least 4 members (excludes halogenated alkanes) is 5. The Balaban J connectivity index is 2.02. The highest BCUT2D eigenvalue weighted by atomic mass is 32.2. The van der Waals surface area contributed by atoms with Gasteiger partial charge in [-0.3, -0.25) is 4.68 Å². The van der Waals surface area contributed by atoms with Crippen molar-refractivity contribution in [2.45, 2.75) is 77.6 Å². The summed E-state index contributed by atoms with van der Waals surface area (Å²) in [4.78, 5) is 13.9. The number of hydrogen-bond acceptors (Lipinski definition) is 3. The zero-order valence-electron chi connectivity index (χ0n) is 15.5. The lowest BCUT2D eigenvalue weighted by atomic mass is 9.99. The summed E-state index contributed by atoms with van der Waals surface area (Å²) in [6.45, 7) is 2.19. The van der Waals surface area contributed by atoms with E-state index in [-0.39, 0.29) is 16.9 Å². The van der Waals surface area contributed by atoms with Gasteiger partial charge in [0, 0.05) is 11.9 Å². The van der Waals surface area contributed by atoms with E-state index in [1.54, 1.807) is 6.20 Å². The molecule has 6 nitrogen and oxygen atoms in total. The Labute approximate surface area is 156 Å². The third-order valence-corrected chi connectivity index (χ3v) is 6.37. The SMILES string of the molecule is CCCCCCCCc1cccn1NS(=O)(=O)C1=C(C(=O)O)CCCC1. The average Bonchev–Trinajstić information content (AvgIpc) is 3.04. The van der Waals surface area contributed by atoms with E-state index in [1.807, 2.05) is 12.1 Å². The van der Waals surface area contributed by atoms with Crippen molar-refractivity contribution in [2.75, 3.05) is 4.83 Å². The maximum Gasteiger partial charge on any atom is 0.332 e. The first-order valence-electron chi connectivity index (χ1n) is 9.60. The quantitative estimate of drug-likeness (QED) is 0.562. The van der Waals surface area contributed by atoms with Crippen LogP contribution in [0.2, 0.25) is 0 Å². The Morgan fingerprint density at radius 3 is 2.58 bits per heavy atom. The molecule has 2 N–H and O–H groups in total. The highest BCUT2D eigenvalue weighted by molar-refractivity contribution is 7.96. The number of carboxylic acids is 1. The molecule has 0 atom stereocenters. The fourth-order valence-electron chi connectivity index (χ4n) is 3.38. The standard InChI is InChI=1S/C19H30N2O4S/c1-2-3-4-5-6-7-11-16-12-10-15-21(16)20-26(24,25)18-14-9-8-13-17(18)19(22)23/h10,12,15,20H,2-9,11,13-14H2,1H3,(H,22,23). The second-order valence-electron chi connectivity index (χ2n) is 6.90. The summed E-state index contributed by atoms with van der Waals surface area (Å²) >= 11 is 0. The van der Waals surface area contributed by atoms with Gasteiger partial charge in [0.05, 0.1) is 10.5 Å². The first-order chi connectivity index (χ1) is 12.5. The van der Waals surface area contributed by atoms with Crippen LogP contribution < -0.4 is 4.83 Å². The smallest absolute Gasteiger partial charge is 0.332 e. The molecule has 0 aromatic carbocycles. The number of rotatable bonds is 11. The second-order valence-corrected chi connectivity index (χ2v) is 8.58. The van der Waals surface area contributed by atoms with Crippen LogP contribution in [-0.2, 0) is 21.2 Å². The topological polar surface area (TPSA) is 88.4 Å². The predicted octanol–water partition coefficient (Wildman–Crippen LogP) is 4.18. The Kier molecular flexibility index (Phi) is 7.75. The van der Waals surface area contributed by atoms with Crippen LogP contribution in [-0.4, -0.2) is 24.2 Å². The summed E-state index contributed by atoms with van der Waals surface area (Å²) in [6, 6.07) is 3.71. The minimum Gasteiger partial charge on any atom is -0.478 e. The van der Waals surface area contributed by atoms with Gasteiger partial charge in [-0.25, -0.2) is 18.0 Å². The van der Waals surface area contributed by atoms with Gasteiger partial charge >= 0.3 is 5.97 Å². The van der Waals surface area contributed by atoms with E-state index in [2.05, 4.69) is 11.8 Å². The van der Waals surface area contributed by atoms with E-state index in [1.165, 1.54) is 30.4 Å². The lowest BCUT2D eigenvalue weighted by Crippen LogP contribution is -2.28. The summed E-state index contributed by atoms with van der Waals surface area (Å²) < 4.78 is 26.9. The van der Waals surface area contributed by atoms with Crippen molar-refractivity contribution in [2.24, 2.45) is 0 Å². The van der Waals surface area contributed by atoms with Crippen LogP contribution in [0.5, 0.6) is 0 Å². The predicted molar refractivity (Wildman–Crippen MR) is 103 cm³/mol. The van der Waals surface area contributed by atoms with Gasteiger partial charge in [-0.15, -0.1) is 0 Å². The summed E-state index contributed by atoms with van der Waals surface area (Å²) in [6.07, 6.45) is 11.6. The van der Waals surface area contributed by atoms with Gasteiger partial charge in [-0.1, -0.05) is 39.0 Å². The van der Waals surface area contributed by atoms with Crippen molar-refractivity contribution in [3.05, 3.63) is 34.5 Å².